The first kappa shape index (κ1) is 16.7. The maximum Gasteiger partial charge on any atom is 0.253 e. The summed E-state index contributed by atoms with van der Waals surface area (Å²) in [5, 5.41) is 13.9. The van der Waals surface area contributed by atoms with E-state index in [9.17, 15) is 9.59 Å². The summed E-state index contributed by atoms with van der Waals surface area (Å²) < 4.78 is 0. The lowest BCUT2D eigenvalue weighted by Gasteiger charge is -2.13. The van der Waals surface area contributed by atoms with Crippen LogP contribution in [0.4, 0.5) is 0 Å². The standard InChI is InChI=1S/C16H20N2O3/c1-11-7-8-13(6-4-5-9-19)14(10-11)16(21)18-12(2)15(20)17-3/h7-8,10,12,19H,5,9H2,1-3H3,(H,17,20)(H,18,21). The lowest BCUT2D eigenvalue weighted by Crippen LogP contribution is -2.43. The van der Waals surface area contributed by atoms with Gasteiger partial charge in [-0.3, -0.25) is 9.59 Å². The van der Waals surface area contributed by atoms with E-state index in [0.717, 1.165) is 5.56 Å². The molecule has 1 aromatic carbocycles. The Balaban J connectivity index is 3.00. The lowest BCUT2D eigenvalue weighted by atomic mass is 10.0. The van der Waals surface area contributed by atoms with Crippen LogP contribution in [0.15, 0.2) is 18.2 Å². The van der Waals surface area contributed by atoms with Crippen LogP contribution in [0.2, 0.25) is 0 Å². The number of carbonyl (C=O) groups excluding carboxylic acids is 2. The molecular formula is C16H20N2O3. The van der Waals surface area contributed by atoms with Gasteiger partial charge in [0.1, 0.15) is 6.04 Å². The molecule has 3 N–H and O–H groups in total. The van der Waals surface area contributed by atoms with Crippen molar-refractivity contribution < 1.29 is 14.7 Å². The molecule has 0 saturated heterocycles. The average Bonchev–Trinajstić information content (AvgIpc) is 2.47. The van der Waals surface area contributed by atoms with Gasteiger partial charge in [-0.2, -0.15) is 0 Å². The molecule has 0 aromatic heterocycles. The van der Waals surface area contributed by atoms with Gasteiger partial charge in [0.05, 0.1) is 12.2 Å². The van der Waals surface area contributed by atoms with E-state index >= 15 is 0 Å². The third-order valence-corrected chi connectivity index (χ3v) is 2.87. The monoisotopic (exact) mass is 288 g/mol. The molecule has 1 aromatic rings. The molecule has 5 heteroatoms. The molecule has 0 spiro atoms. The highest BCUT2D eigenvalue weighted by Gasteiger charge is 2.17. The number of hydrogen-bond donors (Lipinski definition) is 3. The number of hydrogen-bond acceptors (Lipinski definition) is 3. The molecule has 0 saturated carbocycles. The van der Waals surface area contributed by atoms with Crippen molar-refractivity contribution in [2.45, 2.75) is 26.3 Å². The van der Waals surface area contributed by atoms with Crippen molar-refractivity contribution in [3.05, 3.63) is 34.9 Å². The summed E-state index contributed by atoms with van der Waals surface area (Å²) in [4.78, 5) is 23.7. The Bertz CT molecular complexity index is 585. The number of amides is 2. The van der Waals surface area contributed by atoms with Gasteiger partial charge in [-0.25, -0.2) is 0 Å². The maximum atomic E-state index is 12.3. The molecule has 0 radical (unpaired) electrons. The van der Waals surface area contributed by atoms with Crippen molar-refractivity contribution in [1.82, 2.24) is 10.6 Å². The second-order valence-electron chi connectivity index (χ2n) is 4.63. The van der Waals surface area contributed by atoms with Crippen molar-refractivity contribution >= 4 is 11.8 Å². The van der Waals surface area contributed by atoms with Crippen molar-refractivity contribution in [2.75, 3.05) is 13.7 Å². The van der Waals surface area contributed by atoms with E-state index in [0.29, 0.717) is 17.5 Å². The van der Waals surface area contributed by atoms with E-state index in [4.69, 9.17) is 5.11 Å². The predicted molar refractivity (Wildman–Crippen MR) is 80.8 cm³/mol. The minimum atomic E-state index is -0.624. The zero-order chi connectivity index (χ0) is 15.8. The van der Waals surface area contributed by atoms with E-state index in [1.807, 2.05) is 13.0 Å². The average molecular weight is 288 g/mol. The van der Waals surface area contributed by atoms with Crippen LogP contribution in [0.5, 0.6) is 0 Å². The third kappa shape index (κ3) is 4.93. The van der Waals surface area contributed by atoms with Crippen molar-refractivity contribution in [3.8, 4) is 11.8 Å². The fraction of sp³-hybridized carbons (Fsp3) is 0.375. The quantitative estimate of drug-likeness (QED) is 0.710. The van der Waals surface area contributed by atoms with Crippen molar-refractivity contribution in [2.24, 2.45) is 0 Å². The highest BCUT2D eigenvalue weighted by atomic mass is 16.2. The smallest absolute Gasteiger partial charge is 0.253 e. The van der Waals surface area contributed by atoms with Gasteiger partial charge in [-0.15, -0.1) is 0 Å². The predicted octanol–water partition coefficient (Wildman–Crippen LogP) is 0.593. The van der Waals surface area contributed by atoms with Crippen LogP contribution in [0, 0.1) is 18.8 Å². The zero-order valence-corrected chi connectivity index (χ0v) is 12.5. The Morgan fingerprint density at radius 2 is 2.10 bits per heavy atom. The maximum absolute atomic E-state index is 12.3. The van der Waals surface area contributed by atoms with Gasteiger partial charge in [0.2, 0.25) is 5.91 Å². The molecule has 2 amide bonds. The van der Waals surface area contributed by atoms with Crippen molar-refractivity contribution in [3.63, 3.8) is 0 Å². The van der Waals surface area contributed by atoms with E-state index < -0.39 is 6.04 Å². The van der Waals surface area contributed by atoms with Crippen LogP contribution in [0.25, 0.3) is 0 Å². The molecule has 0 fully saturated rings. The van der Waals surface area contributed by atoms with Gasteiger partial charge in [-0.1, -0.05) is 23.5 Å². The third-order valence-electron chi connectivity index (χ3n) is 2.87. The molecule has 1 unspecified atom stereocenters. The van der Waals surface area contributed by atoms with Gasteiger partial charge >= 0.3 is 0 Å². The summed E-state index contributed by atoms with van der Waals surface area (Å²) >= 11 is 0. The molecule has 5 nitrogen and oxygen atoms in total. The first-order chi connectivity index (χ1) is 9.99. The number of rotatable bonds is 4. The molecule has 21 heavy (non-hydrogen) atoms. The Kier molecular flexibility index (Phi) is 6.44. The minimum absolute atomic E-state index is 0.0197. The van der Waals surface area contributed by atoms with E-state index in [1.165, 1.54) is 7.05 Å². The number of aryl methyl sites for hydroxylation is 1. The number of likely N-dealkylation sites (N-methyl/N-ethyl adjacent to an activating group) is 1. The van der Waals surface area contributed by atoms with Gasteiger partial charge < -0.3 is 15.7 Å². The Morgan fingerprint density at radius 1 is 1.38 bits per heavy atom. The minimum Gasteiger partial charge on any atom is -0.395 e. The van der Waals surface area contributed by atoms with Gasteiger partial charge in [-0.05, 0) is 26.0 Å². The summed E-state index contributed by atoms with van der Waals surface area (Å²) in [6, 6.07) is 4.73. The van der Waals surface area contributed by atoms with E-state index in [-0.39, 0.29) is 18.4 Å². The second kappa shape index (κ2) is 8.08. The first-order valence-electron chi connectivity index (χ1n) is 6.72. The molecular weight excluding hydrogens is 268 g/mol. The van der Waals surface area contributed by atoms with Gasteiger partial charge in [0.15, 0.2) is 0 Å². The fourth-order valence-electron chi connectivity index (χ4n) is 1.73. The summed E-state index contributed by atoms with van der Waals surface area (Å²) in [7, 11) is 1.52. The fourth-order valence-corrected chi connectivity index (χ4v) is 1.73. The Labute approximate surface area is 124 Å². The zero-order valence-electron chi connectivity index (χ0n) is 12.5. The Morgan fingerprint density at radius 3 is 2.71 bits per heavy atom. The SMILES string of the molecule is CNC(=O)C(C)NC(=O)c1cc(C)ccc1C#CCCO. The molecule has 0 aliphatic carbocycles. The van der Waals surface area contributed by atoms with Crippen LogP contribution < -0.4 is 10.6 Å². The number of carbonyl (C=O) groups is 2. The summed E-state index contributed by atoms with van der Waals surface area (Å²) in [5.41, 5.74) is 1.94. The molecule has 0 aliphatic rings. The van der Waals surface area contributed by atoms with E-state index in [1.54, 1.807) is 19.1 Å². The van der Waals surface area contributed by atoms with E-state index in [2.05, 4.69) is 22.5 Å². The summed E-state index contributed by atoms with van der Waals surface area (Å²) in [6.45, 7) is 3.47. The molecule has 112 valence electrons. The van der Waals surface area contributed by atoms with Crippen LogP contribution in [0.3, 0.4) is 0 Å². The normalized spacial score (nSPS) is 11.0. The molecule has 0 heterocycles. The Hall–Kier alpha value is -2.32. The highest BCUT2D eigenvalue weighted by molar-refractivity contribution is 5.99. The van der Waals surface area contributed by atoms with Crippen molar-refractivity contribution in [1.29, 1.82) is 0 Å². The highest BCUT2D eigenvalue weighted by Crippen LogP contribution is 2.11. The largest absolute Gasteiger partial charge is 0.395 e. The lowest BCUT2D eigenvalue weighted by molar-refractivity contribution is -0.122. The summed E-state index contributed by atoms with van der Waals surface area (Å²) in [5.74, 6) is 5.06. The van der Waals surface area contributed by atoms with Gasteiger partial charge in [0, 0.05) is 19.0 Å². The molecule has 1 atom stereocenters. The number of benzene rings is 1. The van der Waals surface area contributed by atoms with Gasteiger partial charge in [0.25, 0.3) is 5.91 Å². The topological polar surface area (TPSA) is 78.4 Å². The van der Waals surface area contributed by atoms with Crippen LogP contribution in [-0.4, -0.2) is 36.6 Å². The summed E-state index contributed by atoms with van der Waals surface area (Å²) in [6.07, 6.45) is 0.351. The van der Waals surface area contributed by atoms with Crippen LogP contribution in [-0.2, 0) is 4.79 Å². The molecule has 1 rings (SSSR count). The first-order valence-corrected chi connectivity index (χ1v) is 6.72. The number of aliphatic hydroxyl groups is 1. The van der Waals surface area contributed by atoms with Crippen LogP contribution >= 0.6 is 0 Å². The number of nitrogens with one attached hydrogen (secondary N) is 2. The number of aliphatic hydroxyl groups excluding tert-OH is 1. The second-order valence-corrected chi connectivity index (χ2v) is 4.63. The van der Waals surface area contributed by atoms with Crippen LogP contribution in [0.1, 0.15) is 34.8 Å². The molecule has 0 bridgehead atoms. The molecule has 0 aliphatic heterocycles.